The van der Waals surface area contributed by atoms with E-state index in [2.05, 4.69) is 5.32 Å². The van der Waals surface area contributed by atoms with E-state index in [1.807, 2.05) is 25.1 Å². The van der Waals surface area contributed by atoms with Gasteiger partial charge in [0.05, 0.1) is 33.5 Å². The molecule has 1 aromatic carbocycles. The van der Waals surface area contributed by atoms with Gasteiger partial charge in [0.1, 0.15) is 6.54 Å². The van der Waals surface area contributed by atoms with Crippen molar-refractivity contribution in [3.8, 4) is 11.5 Å². The third kappa shape index (κ3) is 6.82. The van der Waals surface area contributed by atoms with Gasteiger partial charge in [-0.25, -0.2) is 0 Å². The van der Waals surface area contributed by atoms with E-state index in [1.165, 1.54) is 0 Å². The second kappa shape index (κ2) is 11.7. The summed E-state index contributed by atoms with van der Waals surface area (Å²) < 4.78 is 21.7. The number of carbonyl (C=O) groups is 1. The average molecular weight is 367 g/mol. The van der Waals surface area contributed by atoms with Crippen LogP contribution < -0.4 is 14.8 Å². The zero-order valence-electron chi connectivity index (χ0n) is 15.9. The van der Waals surface area contributed by atoms with Crippen LogP contribution >= 0.6 is 0 Å². The molecule has 0 aromatic heterocycles. The Balaban J connectivity index is 1.78. The molecular formula is C19H31N2O5+. The first-order valence-corrected chi connectivity index (χ1v) is 9.29. The van der Waals surface area contributed by atoms with Crippen LogP contribution in [-0.2, 0) is 20.8 Å². The highest BCUT2D eigenvalue weighted by atomic mass is 16.5. The van der Waals surface area contributed by atoms with Crippen LogP contribution in [0.5, 0.6) is 11.5 Å². The van der Waals surface area contributed by atoms with E-state index in [-0.39, 0.29) is 12.5 Å². The first-order chi connectivity index (χ1) is 12.7. The van der Waals surface area contributed by atoms with Gasteiger partial charge in [-0.1, -0.05) is 0 Å². The molecule has 7 heteroatoms. The van der Waals surface area contributed by atoms with E-state index in [1.54, 1.807) is 12.0 Å². The van der Waals surface area contributed by atoms with Crippen LogP contribution in [0.3, 0.4) is 0 Å². The molecule has 0 bridgehead atoms. The number of nitrogens with two attached hydrogens (primary N) is 1. The molecule has 0 saturated carbocycles. The molecule has 2 N–H and O–H groups in total. The summed E-state index contributed by atoms with van der Waals surface area (Å²) in [5.74, 6) is 1.22. The number of carbonyl (C=O) groups excluding carboxylic acids is 1. The fraction of sp³-hybridized carbons (Fsp3) is 0.632. The third-order valence-electron chi connectivity index (χ3n) is 4.22. The zero-order chi connectivity index (χ0) is 18.6. The SMILES string of the molecule is CCOCCC[NH2+]Cc1ccc(OCC(=O)N2CCOCC2)c(OC)c1. The Kier molecular flexibility index (Phi) is 9.23. The van der Waals surface area contributed by atoms with E-state index in [0.29, 0.717) is 37.8 Å². The first-order valence-electron chi connectivity index (χ1n) is 9.29. The lowest BCUT2D eigenvalue weighted by molar-refractivity contribution is -0.671. The molecule has 1 aliphatic heterocycles. The largest absolute Gasteiger partial charge is 0.493 e. The van der Waals surface area contributed by atoms with Crippen molar-refractivity contribution >= 4 is 5.91 Å². The highest BCUT2D eigenvalue weighted by Gasteiger charge is 2.18. The number of nitrogens with zero attached hydrogens (tertiary/aromatic N) is 1. The second-order valence-electron chi connectivity index (χ2n) is 6.10. The Hall–Kier alpha value is -1.83. The average Bonchev–Trinajstić information content (AvgIpc) is 2.69. The number of ether oxygens (including phenoxy) is 4. The summed E-state index contributed by atoms with van der Waals surface area (Å²) in [6.45, 7) is 7.91. The van der Waals surface area contributed by atoms with Crippen LogP contribution in [-0.4, -0.2) is 70.6 Å². The Bertz CT molecular complexity index is 547. The van der Waals surface area contributed by atoms with Crippen LogP contribution in [0.1, 0.15) is 18.9 Å². The fourth-order valence-electron chi connectivity index (χ4n) is 2.74. The van der Waals surface area contributed by atoms with E-state index in [9.17, 15) is 4.79 Å². The van der Waals surface area contributed by atoms with Gasteiger partial charge < -0.3 is 29.2 Å². The van der Waals surface area contributed by atoms with Crippen molar-refractivity contribution in [2.75, 3.05) is 59.8 Å². The Morgan fingerprint density at radius 2 is 2.08 bits per heavy atom. The van der Waals surface area contributed by atoms with Crippen LogP contribution in [0.25, 0.3) is 0 Å². The molecule has 1 aliphatic rings. The highest BCUT2D eigenvalue weighted by molar-refractivity contribution is 5.78. The minimum Gasteiger partial charge on any atom is -0.493 e. The fourth-order valence-corrected chi connectivity index (χ4v) is 2.74. The Morgan fingerprint density at radius 3 is 2.81 bits per heavy atom. The van der Waals surface area contributed by atoms with E-state index in [0.717, 1.165) is 38.3 Å². The van der Waals surface area contributed by atoms with Gasteiger partial charge in [-0.05, 0) is 25.1 Å². The van der Waals surface area contributed by atoms with Crippen molar-refractivity contribution in [2.45, 2.75) is 19.9 Å². The number of hydrogen-bond acceptors (Lipinski definition) is 5. The molecule has 0 aliphatic carbocycles. The van der Waals surface area contributed by atoms with Crippen LogP contribution in [0.2, 0.25) is 0 Å². The van der Waals surface area contributed by atoms with Gasteiger partial charge in [-0.3, -0.25) is 4.79 Å². The second-order valence-corrected chi connectivity index (χ2v) is 6.10. The third-order valence-corrected chi connectivity index (χ3v) is 4.22. The van der Waals surface area contributed by atoms with Gasteiger partial charge in [-0.15, -0.1) is 0 Å². The van der Waals surface area contributed by atoms with Gasteiger partial charge in [0.15, 0.2) is 18.1 Å². The summed E-state index contributed by atoms with van der Waals surface area (Å²) in [7, 11) is 1.61. The van der Waals surface area contributed by atoms with Crippen molar-refractivity contribution < 1.29 is 29.1 Å². The summed E-state index contributed by atoms with van der Waals surface area (Å²) >= 11 is 0. The maximum atomic E-state index is 12.2. The maximum Gasteiger partial charge on any atom is 0.260 e. The quantitative estimate of drug-likeness (QED) is 0.574. The molecule has 1 fully saturated rings. The van der Waals surface area contributed by atoms with Gasteiger partial charge in [0, 0.05) is 31.7 Å². The van der Waals surface area contributed by atoms with Gasteiger partial charge >= 0.3 is 0 Å². The molecule has 0 atom stereocenters. The van der Waals surface area contributed by atoms with Gasteiger partial charge in [0.25, 0.3) is 5.91 Å². The molecule has 146 valence electrons. The van der Waals surface area contributed by atoms with Gasteiger partial charge in [0.2, 0.25) is 0 Å². The lowest BCUT2D eigenvalue weighted by atomic mass is 10.2. The highest BCUT2D eigenvalue weighted by Crippen LogP contribution is 2.27. The molecule has 1 heterocycles. The molecule has 1 aromatic rings. The smallest absolute Gasteiger partial charge is 0.260 e. The van der Waals surface area contributed by atoms with E-state index >= 15 is 0 Å². The topological polar surface area (TPSA) is 73.8 Å². The summed E-state index contributed by atoms with van der Waals surface area (Å²) in [6, 6.07) is 5.85. The number of rotatable bonds is 11. The number of amides is 1. The number of quaternary nitrogens is 1. The molecule has 0 unspecified atom stereocenters. The van der Waals surface area contributed by atoms with Crippen molar-refractivity contribution in [1.82, 2.24) is 4.90 Å². The molecule has 1 amide bonds. The molecule has 0 spiro atoms. The molecule has 0 radical (unpaired) electrons. The first kappa shape index (κ1) is 20.5. The van der Waals surface area contributed by atoms with Crippen LogP contribution in [0, 0.1) is 0 Å². The monoisotopic (exact) mass is 367 g/mol. The van der Waals surface area contributed by atoms with Crippen LogP contribution in [0.15, 0.2) is 18.2 Å². The number of benzene rings is 1. The predicted octanol–water partition coefficient (Wildman–Crippen LogP) is 0.423. The van der Waals surface area contributed by atoms with E-state index < -0.39 is 0 Å². The lowest BCUT2D eigenvalue weighted by Gasteiger charge is -2.26. The van der Waals surface area contributed by atoms with Gasteiger partial charge in [-0.2, -0.15) is 0 Å². The number of morpholine rings is 1. The molecule has 26 heavy (non-hydrogen) atoms. The summed E-state index contributed by atoms with van der Waals surface area (Å²) in [5, 5.41) is 2.25. The van der Waals surface area contributed by atoms with Crippen LogP contribution in [0.4, 0.5) is 0 Å². The number of methoxy groups -OCH3 is 1. The molecule has 7 nitrogen and oxygen atoms in total. The maximum absolute atomic E-state index is 12.2. The molecular weight excluding hydrogens is 336 g/mol. The van der Waals surface area contributed by atoms with Crippen molar-refractivity contribution in [2.24, 2.45) is 0 Å². The predicted molar refractivity (Wildman–Crippen MR) is 97.5 cm³/mol. The minimum atomic E-state index is -0.0259. The van der Waals surface area contributed by atoms with Crippen molar-refractivity contribution in [1.29, 1.82) is 0 Å². The lowest BCUT2D eigenvalue weighted by Crippen LogP contribution is -2.82. The van der Waals surface area contributed by atoms with Crippen molar-refractivity contribution in [3.63, 3.8) is 0 Å². The molecule has 2 rings (SSSR count). The normalized spacial score (nSPS) is 14.3. The summed E-state index contributed by atoms with van der Waals surface area (Å²) in [6.07, 6.45) is 1.04. The Morgan fingerprint density at radius 1 is 1.27 bits per heavy atom. The minimum absolute atomic E-state index is 0.0132. The Labute approximate surface area is 155 Å². The summed E-state index contributed by atoms with van der Waals surface area (Å²) in [4.78, 5) is 13.9. The molecule has 1 saturated heterocycles. The standard InChI is InChI=1S/C19H30N2O5/c1-3-24-10-4-7-20-14-16-5-6-17(18(13-16)23-2)26-15-19(22)21-8-11-25-12-9-21/h5-6,13,20H,3-4,7-12,14-15H2,1-2H3/p+1. The zero-order valence-corrected chi connectivity index (χ0v) is 15.9. The van der Waals surface area contributed by atoms with Crippen molar-refractivity contribution in [3.05, 3.63) is 23.8 Å². The van der Waals surface area contributed by atoms with E-state index in [4.69, 9.17) is 18.9 Å². The number of hydrogen-bond donors (Lipinski definition) is 1. The summed E-state index contributed by atoms with van der Waals surface area (Å²) in [5.41, 5.74) is 1.16.